The van der Waals surface area contributed by atoms with Gasteiger partial charge in [0.05, 0.1) is 6.04 Å². The molecule has 1 amide bonds. The van der Waals surface area contributed by atoms with Gasteiger partial charge in [0.15, 0.2) is 11.5 Å². The Morgan fingerprint density at radius 2 is 1.87 bits per heavy atom. The molecule has 1 atom stereocenters. The zero-order chi connectivity index (χ0) is 15.8. The van der Waals surface area contributed by atoms with Gasteiger partial charge in [-0.3, -0.25) is 4.79 Å². The van der Waals surface area contributed by atoms with Gasteiger partial charge in [-0.05, 0) is 43.5 Å². The lowest BCUT2D eigenvalue weighted by Crippen LogP contribution is -2.30. The van der Waals surface area contributed by atoms with E-state index in [4.69, 9.17) is 9.47 Å². The highest BCUT2D eigenvalue weighted by atomic mass is 16.7. The van der Waals surface area contributed by atoms with Crippen LogP contribution in [0.1, 0.15) is 40.4 Å². The highest BCUT2D eigenvalue weighted by Crippen LogP contribution is 2.36. The molecule has 4 heteroatoms. The third-order valence-electron chi connectivity index (χ3n) is 4.60. The normalized spacial score (nSPS) is 19.2. The summed E-state index contributed by atoms with van der Waals surface area (Å²) in [6.07, 6.45) is 2.05. The Morgan fingerprint density at radius 3 is 2.70 bits per heavy atom. The molecule has 0 spiro atoms. The predicted octanol–water partition coefficient (Wildman–Crippen LogP) is 3.70. The van der Waals surface area contributed by atoms with Crippen LogP contribution in [-0.2, 0) is 0 Å². The zero-order valence-electron chi connectivity index (χ0n) is 13.1. The molecule has 2 heterocycles. The summed E-state index contributed by atoms with van der Waals surface area (Å²) in [5, 5.41) is 0. The van der Waals surface area contributed by atoms with E-state index in [9.17, 15) is 4.79 Å². The van der Waals surface area contributed by atoms with Crippen LogP contribution in [0.15, 0.2) is 42.5 Å². The minimum absolute atomic E-state index is 0.0615. The third kappa shape index (κ3) is 2.54. The number of hydrogen-bond donors (Lipinski definition) is 0. The number of carbonyl (C=O) groups excluding carboxylic acids is 1. The average Bonchev–Trinajstić information content (AvgIpc) is 3.23. The number of nitrogens with zero attached hydrogens (tertiary/aromatic N) is 1. The zero-order valence-corrected chi connectivity index (χ0v) is 13.1. The number of aryl methyl sites for hydroxylation is 1. The van der Waals surface area contributed by atoms with Gasteiger partial charge in [-0.15, -0.1) is 0 Å². The average molecular weight is 309 g/mol. The number of carbonyl (C=O) groups is 1. The molecule has 0 N–H and O–H groups in total. The minimum atomic E-state index is 0.0615. The summed E-state index contributed by atoms with van der Waals surface area (Å²) >= 11 is 0. The first-order chi connectivity index (χ1) is 11.2. The van der Waals surface area contributed by atoms with Gasteiger partial charge < -0.3 is 14.4 Å². The van der Waals surface area contributed by atoms with Crippen LogP contribution in [0.5, 0.6) is 11.5 Å². The van der Waals surface area contributed by atoms with Crippen LogP contribution in [0.25, 0.3) is 0 Å². The van der Waals surface area contributed by atoms with Gasteiger partial charge in [0, 0.05) is 12.1 Å². The predicted molar refractivity (Wildman–Crippen MR) is 86.8 cm³/mol. The molecule has 2 aromatic rings. The van der Waals surface area contributed by atoms with Crippen LogP contribution in [0.4, 0.5) is 0 Å². The number of likely N-dealkylation sites (tertiary alicyclic amines) is 1. The van der Waals surface area contributed by atoms with Crippen LogP contribution in [0, 0.1) is 6.92 Å². The van der Waals surface area contributed by atoms with E-state index in [0.29, 0.717) is 17.1 Å². The van der Waals surface area contributed by atoms with Crippen molar-refractivity contribution >= 4 is 5.91 Å². The molecule has 2 aliphatic heterocycles. The lowest BCUT2D eigenvalue weighted by molar-refractivity contribution is 0.0735. The Bertz CT molecular complexity index is 739. The number of rotatable bonds is 2. The maximum atomic E-state index is 12.9. The fraction of sp³-hybridized carbons (Fsp3) is 0.316. The van der Waals surface area contributed by atoms with E-state index in [1.165, 1.54) is 11.1 Å². The Kier molecular flexibility index (Phi) is 3.45. The summed E-state index contributed by atoms with van der Waals surface area (Å²) in [5.74, 6) is 1.42. The number of amides is 1. The van der Waals surface area contributed by atoms with Crippen molar-refractivity contribution in [2.45, 2.75) is 25.8 Å². The van der Waals surface area contributed by atoms with Crippen molar-refractivity contribution in [3.63, 3.8) is 0 Å². The lowest BCUT2D eigenvalue weighted by atomic mass is 10.0. The molecule has 2 aromatic carbocycles. The summed E-state index contributed by atoms with van der Waals surface area (Å²) in [6.45, 7) is 3.10. The summed E-state index contributed by atoms with van der Waals surface area (Å²) in [5.41, 5.74) is 3.11. The SMILES string of the molecule is Cc1ccc([C@H]2CCCN2C(=O)c2ccc3c(c2)OCO3)cc1. The van der Waals surface area contributed by atoms with E-state index in [1.54, 1.807) is 6.07 Å². The van der Waals surface area contributed by atoms with Crippen molar-refractivity contribution in [3.8, 4) is 11.5 Å². The summed E-state index contributed by atoms with van der Waals surface area (Å²) in [6, 6.07) is 14.1. The van der Waals surface area contributed by atoms with E-state index in [1.807, 2.05) is 17.0 Å². The van der Waals surface area contributed by atoms with Crippen LogP contribution in [0.2, 0.25) is 0 Å². The van der Waals surface area contributed by atoms with Crippen molar-refractivity contribution in [3.05, 3.63) is 59.2 Å². The van der Waals surface area contributed by atoms with Crippen molar-refractivity contribution in [2.24, 2.45) is 0 Å². The van der Waals surface area contributed by atoms with Gasteiger partial charge >= 0.3 is 0 Å². The molecule has 0 radical (unpaired) electrons. The maximum absolute atomic E-state index is 12.9. The second-order valence-corrected chi connectivity index (χ2v) is 6.14. The highest BCUT2D eigenvalue weighted by molar-refractivity contribution is 5.95. The quantitative estimate of drug-likeness (QED) is 0.849. The fourth-order valence-electron chi connectivity index (χ4n) is 3.34. The molecule has 2 aliphatic rings. The summed E-state index contributed by atoms with van der Waals surface area (Å²) in [4.78, 5) is 14.9. The molecule has 4 nitrogen and oxygen atoms in total. The van der Waals surface area contributed by atoms with Gasteiger partial charge in [-0.2, -0.15) is 0 Å². The van der Waals surface area contributed by atoms with Crippen LogP contribution >= 0.6 is 0 Å². The fourth-order valence-corrected chi connectivity index (χ4v) is 3.34. The first-order valence-electron chi connectivity index (χ1n) is 7.99. The van der Waals surface area contributed by atoms with E-state index >= 15 is 0 Å². The van der Waals surface area contributed by atoms with Crippen molar-refractivity contribution in [2.75, 3.05) is 13.3 Å². The Hall–Kier alpha value is -2.49. The van der Waals surface area contributed by atoms with Gasteiger partial charge in [-0.1, -0.05) is 29.8 Å². The Balaban J connectivity index is 1.60. The Morgan fingerprint density at radius 1 is 1.09 bits per heavy atom. The maximum Gasteiger partial charge on any atom is 0.254 e. The molecule has 0 bridgehead atoms. The number of ether oxygens (including phenoxy) is 2. The molecular weight excluding hydrogens is 290 g/mol. The molecule has 0 aromatic heterocycles. The standard InChI is InChI=1S/C19H19NO3/c1-13-4-6-14(7-5-13)16-3-2-10-20(16)19(21)15-8-9-17-18(11-15)23-12-22-17/h4-9,11,16H,2-3,10,12H2,1H3/t16-/m1/s1. The highest BCUT2D eigenvalue weighted by Gasteiger charge is 2.31. The van der Waals surface area contributed by atoms with Gasteiger partial charge in [0.25, 0.3) is 5.91 Å². The van der Waals surface area contributed by atoms with Crippen molar-refractivity contribution < 1.29 is 14.3 Å². The van der Waals surface area contributed by atoms with Gasteiger partial charge in [0.2, 0.25) is 6.79 Å². The number of hydrogen-bond acceptors (Lipinski definition) is 3. The molecule has 4 rings (SSSR count). The molecule has 1 saturated heterocycles. The summed E-state index contributed by atoms with van der Waals surface area (Å²) in [7, 11) is 0. The van der Waals surface area contributed by atoms with E-state index in [2.05, 4.69) is 31.2 Å². The molecule has 0 aliphatic carbocycles. The third-order valence-corrected chi connectivity index (χ3v) is 4.60. The monoisotopic (exact) mass is 309 g/mol. The first-order valence-corrected chi connectivity index (χ1v) is 7.99. The first kappa shape index (κ1) is 14.1. The second kappa shape index (κ2) is 5.61. The molecule has 118 valence electrons. The molecule has 0 unspecified atom stereocenters. The van der Waals surface area contributed by atoms with Crippen LogP contribution in [0.3, 0.4) is 0 Å². The van der Waals surface area contributed by atoms with Gasteiger partial charge in [0.1, 0.15) is 0 Å². The number of fused-ring (bicyclic) bond motifs is 1. The van der Waals surface area contributed by atoms with Gasteiger partial charge in [-0.25, -0.2) is 0 Å². The minimum Gasteiger partial charge on any atom is -0.454 e. The largest absolute Gasteiger partial charge is 0.454 e. The van der Waals surface area contributed by atoms with Crippen LogP contribution < -0.4 is 9.47 Å². The second-order valence-electron chi connectivity index (χ2n) is 6.14. The van der Waals surface area contributed by atoms with E-state index in [0.717, 1.165) is 19.4 Å². The van der Waals surface area contributed by atoms with Crippen molar-refractivity contribution in [1.29, 1.82) is 0 Å². The topological polar surface area (TPSA) is 38.8 Å². The smallest absolute Gasteiger partial charge is 0.254 e. The van der Waals surface area contributed by atoms with E-state index < -0.39 is 0 Å². The number of benzene rings is 2. The van der Waals surface area contributed by atoms with E-state index in [-0.39, 0.29) is 18.7 Å². The molecular formula is C19H19NO3. The lowest BCUT2D eigenvalue weighted by Gasteiger charge is -2.25. The molecule has 1 fully saturated rings. The molecule has 0 saturated carbocycles. The molecule has 23 heavy (non-hydrogen) atoms. The van der Waals surface area contributed by atoms with Crippen LogP contribution in [-0.4, -0.2) is 24.1 Å². The summed E-state index contributed by atoms with van der Waals surface area (Å²) < 4.78 is 10.7. The Labute approximate surface area is 135 Å². The van der Waals surface area contributed by atoms with Crippen molar-refractivity contribution in [1.82, 2.24) is 4.90 Å².